The van der Waals surface area contributed by atoms with Gasteiger partial charge >= 0.3 is 0 Å². The lowest BCUT2D eigenvalue weighted by molar-refractivity contribution is -0.142. The normalized spacial score (nSPS) is 11.9. The Morgan fingerprint density at radius 1 is 1.13 bits per heavy atom. The predicted molar refractivity (Wildman–Crippen MR) is 149 cm³/mol. The summed E-state index contributed by atoms with van der Waals surface area (Å²) in [6.07, 6.45) is 0.457. The summed E-state index contributed by atoms with van der Waals surface area (Å²) in [5, 5.41) is 11.4. The first-order valence-electron chi connectivity index (χ1n) is 12.7. The van der Waals surface area contributed by atoms with Crippen LogP contribution in [0.1, 0.15) is 62.3 Å². The number of benzene rings is 1. The maximum absolute atomic E-state index is 13.9. The van der Waals surface area contributed by atoms with Crippen molar-refractivity contribution in [3.8, 4) is 11.5 Å². The van der Waals surface area contributed by atoms with Crippen LogP contribution in [0.15, 0.2) is 46.3 Å². The molecule has 3 amide bonds. The quantitative estimate of drug-likeness (QED) is 0.308. The maximum atomic E-state index is 13.9. The fraction of sp³-hybridized carbons (Fsp3) is 0.429. The van der Waals surface area contributed by atoms with Crippen LogP contribution in [0.5, 0.6) is 11.5 Å². The Hall–Kier alpha value is -3.86. The third-order valence-electron chi connectivity index (χ3n) is 6.32. The number of aromatic nitrogens is 1. The zero-order valence-electron chi connectivity index (χ0n) is 23.2. The summed E-state index contributed by atoms with van der Waals surface area (Å²) in [6.45, 7) is 7.71. The number of carbonyl (C=O) groups is 3. The number of hydrogen-bond acceptors (Lipinski definition) is 8. The van der Waals surface area contributed by atoms with Gasteiger partial charge in [0.2, 0.25) is 17.7 Å². The molecule has 210 valence electrons. The molecule has 3 rings (SSSR count). The Morgan fingerprint density at radius 2 is 1.90 bits per heavy atom. The zero-order chi connectivity index (χ0) is 28.6. The Morgan fingerprint density at radius 3 is 2.49 bits per heavy atom. The average Bonchev–Trinajstić information content (AvgIpc) is 3.57. The molecule has 2 N–H and O–H groups in total. The maximum Gasteiger partial charge on any atom is 0.248 e. The number of methoxy groups -OCH3 is 2. The fourth-order valence-electron chi connectivity index (χ4n) is 3.96. The highest BCUT2D eigenvalue weighted by molar-refractivity contribution is 7.09. The van der Waals surface area contributed by atoms with E-state index in [9.17, 15) is 14.4 Å². The molecular weight excluding hydrogens is 520 g/mol. The highest BCUT2D eigenvalue weighted by Crippen LogP contribution is 2.38. The van der Waals surface area contributed by atoms with Gasteiger partial charge in [0.25, 0.3) is 0 Å². The SMILES string of the molecule is CCC(C)(C)NC(=O)[C@H](c1cccc(OC)c1OC)N(Cc1cccs1)C(=O)CCC(=O)Nc1cc(C)on1. The Bertz CT molecular complexity index is 1270. The van der Waals surface area contributed by atoms with Crippen LogP contribution in [0.2, 0.25) is 0 Å². The molecule has 1 aromatic carbocycles. The van der Waals surface area contributed by atoms with Gasteiger partial charge < -0.3 is 29.5 Å². The largest absolute Gasteiger partial charge is 0.493 e. The van der Waals surface area contributed by atoms with Crippen LogP contribution in [0.4, 0.5) is 5.82 Å². The summed E-state index contributed by atoms with van der Waals surface area (Å²) in [5.74, 6) is 0.515. The van der Waals surface area contributed by atoms with Crippen molar-refractivity contribution in [2.24, 2.45) is 0 Å². The molecule has 0 aliphatic carbocycles. The van der Waals surface area contributed by atoms with Crippen LogP contribution in [0.3, 0.4) is 0 Å². The second kappa shape index (κ2) is 13.3. The van der Waals surface area contributed by atoms with E-state index in [1.807, 2.05) is 38.3 Å². The smallest absolute Gasteiger partial charge is 0.248 e. The van der Waals surface area contributed by atoms with Crippen molar-refractivity contribution in [3.05, 3.63) is 58.0 Å². The van der Waals surface area contributed by atoms with Crippen molar-refractivity contribution in [1.29, 1.82) is 0 Å². The number of nitrogens with zero attached hydrogens (tertiary/aromatic N) is 2. The van der Waals surface area contributed by atoms with Crippen LogP contribution in [0.25, 0.3) is 0 Å². The number of amides is 3. The number of rotatable bonds is 13. The minimum absolute atomic E-state index is 0.101. The van der Waals surface area contributed by atoms with E-state index in [1.165, 1.54) is 30.5 Å². The number of aryl methyl sites for hydroxylation is 1. The topological polar surface area (TPSA) is 123 Å². The van der Waals surface area contributed by atoms with Crippen LogP contribution in [-0.4, -0.2) is 47.5 Å². The molecule has 3 aromatic rings. The van der Waals surface area contributed by atoms with Crippen LogP contribution in [-0.2, 0) is 20.9 Å². The molecule has 0 unspecified atom stereocenters. The van der Waals surface area contributed by atoms with Gasteiger partial charge in [-0.3, -0.25) is 14.4 Å². The van der Waals surface area contributed by atoms with Crippen molar-refractivity contribution in [2.75, 3.05) is 19.5 Å². The monoisotopic (exact) mass is 556 g/mol. The molecule has 2 aromatic heterocycles. The third-order valence-corrected chi connectivity index (χ3v) is 7.18. The lowest BCUT2D eigenvalue weighted by Gasteiger charge is -2.35. The van der Waals surface area contributed by atoms with Gasteiger partial charge in [-0.15, -0.1) is 11.3 Å². The number of hydrogen-bond donors (Lipinski definition) is 2. The Labute approximate surface area is 232 Å². The van der Waals surface area contributed by atoms with E-state index in [1.54, 1.807) is 31.2 Å². The number of carbonyl (C=O) groups excluding carboxylic acids is 3. The number of nitrogens with one attached hydrogen (secondary N) is 2. The molecule has 39 heavy (non-hydrogen) atoms. The number of thiophene rings is 1. The number of anilines is 1. The molecular formula is C28H36N4O6S. The molecule has 0 aliphatic rings. The molecule has 0 saturated heterocycles. The first-order chi connectivity index (χ1) is 18.6. The van der Waals surface area contributed by atoms with Crippen molar-refractivity contribution >= 4 is 34.9 Å². The van der Waals surface area contributed by atoms with E-state index >= 15 is 0 Å². The Balaban J connectivity index is 1.98. The summed E-state index contributed by atoms with van der Waals surface area (Å²) >= 11 is 1.48. The van der Waals surface area contributed by atoms with Gasteiger partial charge in [0.15, 0.2) is 17.3 Å². The zero-order valence-corrected chi connectivity index (χ0v) is 24.0. The lowest BCUT2D eigenvalue weighted by Crippen LogP contribution is -2.50. The third kappa shape index (κ3) is 7.82. The van der Waals surface area contributed by atoms with Gasteiger partial charge in [0.05, 0.1) is 20.8 Å². The average molecular weight is 557 g/mol. The van der Waals surface area contributed by atoms with Gasteiger partial charge in [-0.1, -0.05) is 30.3 Å². The summed E-state index contributed by atoms with van der Waals surface area (Å²) < 4.78 is 16.1. The van der Waals surface area contributed by atoms with E-state index in [0.717, 1.165) is 4.88 Å². The summed E-state index contributed by atoms with van der Waals surface area (Å²) in [4.78, 5) is 42.7. The minimum Gasteiger partial charge on any atom is -0.493 e. The molecule has 1 atom stereocenters. The fourth-order valence-corrected chi connectivity index (χ4v) is 4.66. The molecule has 11 heteroatoms. The van der Waals surface area contributed by atoms with Crippen molar-refractivity contribution in [1.82, 2.24) is 15.4 Å². The first-order valence-corrected chi connectivity index (χ1v) is 13.5. The van der Waals surface area contributed by atoms with Crippen molar-refractivity contribution in [3.63, 3.8) is 0 Å². The first kappa shape index (κ1) is 29.7. The molecule has 0 bridgehead atoms. The van der Waals surface area contributed by atoms with Crippen molar-refractivity contribution in [2.45, 2.75) is 65.1 Å². The molecule has 0 fully saturated rings. The second-order valence-electron chi connectivity index (χ2n) is 9.68. The lowest BCUT2D eigenvalue weighted by atomic mass is 9.97. The highest BCUT2D eigenvalue weighted by atomic mass is 32.1. The Kier molecular flexibility index (Phi) is 10.1. The second-order valence-corrected chi connectivity index (χ2v) is 10.7. The van der Waals surface area contributed by atoms with Crippen LogP contribution >= 0.6 is 11.3 Å². The van der Waals surface area contributed by atoms with Gasteiger partial charge in [-0.05, 0) is 44.7 Å². The van der Waals surface area contributed by atoms with E-state index in [4.69, 9.17) is 14.0 Å². The molecule has 2 heterocycles. The molecule has 0 spiro atoms. The van der Waals surface area contributed by atoms with E-state index in [0.29, 0.717) is 29.2 Å². The number of ether oxygens (including phenoxy) is 2. The molecule has 0 radical (unpaired) electrons. The standard InChI is InChI=1S/C28H36N4O6S/c1-7-28(3,4)30-27(35)25(20-11-8-12-21(36-5)26(20)37-6)32(17-19-10-9-15-39-19)24(34)14-13-23(33)29-22-16-18(2)38-31-22/h8-12,15-16,25H,7,13-14,17H2,1-6H3,(H,30,35)(H,29,31,33)/t25-/m0/s1. The van der Waals surface area contributed by atoms with Gasteiger partial charge in [-0.25, -0.2) is 0 Å². The van der Waals surface area contributed by atoms with E-state index in [2.05, 4.69) is 15.8 Å². The van der Waals surface area contributed by atoms with Crippen LogP contribution in [0, 0.1) is 6.92 Å². The summed E-state index contributed by atoms with van der Waals surface area (Å²) in [7, 11) is 3.01. The number of para-hydroxylation sites is 1. The summed E-state index contributed by atoms with van der Waals surface area (Å²) in [5.41, 5.74) is -0.0389. The van der Waals surface area contributed by atoms with Gasteiger partial charge in [0.1, 0.15) is 11.8 Å². The predicted octanol–water partition coefficient (Wildman–Crippen LogP) is 4.86. The van der Waals surface area contributed by atoms with Crippen LogP contribution < -0.4 is 20.1 Å². The summed E-state index contributed by atoms with van der Waals surface area (Å²) in [6, 6.07) is 9.57. The van der Waals surface area contributed by atoms with Gasteiger partial charge in [-0.2, -0.15) is 0 Å². The minimum atomic E-state index is -1.04. The van der Waals surface area contributed by atoms with E-state index < -0.39 is 11.6 Å². The molecule has 10 nitrogen and oxygen atoms in total. The molecule has 0 saturated carbocycles. The molecule has 0 aliphatic heterocycles. The highest BCUT2D eigenvalue weighted by Gasteiger charge is 2.36. The van der Waals surface area contributed by atoms with Crippen molar-refractivity contribution < 1.29 is 28.4 Å². The van der Waals surface area contributed by atoms with Gasteiger partial charge in [0, 0.05) is 34.9 Å². The van der Waals surface area contributed by atoms with E-state index in [-0.39, 0.29) is 42.9 Å².